The standard InChI is InChI=1S/C33H41ClN2O11/c1-6-7-8-9-10-25(47-28-14-12-24(34)16-27(28)36(19-32(40)44-4)20-33(41)45-5)22-46-29-15-23(21-37)11-13-26(29)35(17-30(38)42-2)18-31(39)43-3/h6,11-16,21,25H,1,7-10,17-20,22H2,2-5H3. The van der Waals surface area contributed by atoms with Gasteiger partial charge in [-0.15, -0.1) is 6.58 Å². The van der Waals surface area contributed by atoms with Crippen LogP contribution in [0.5, 0.6) is 11.5 Å². The number of ether oxygens (including phenoxy) is 6. The fourth-order valence-electron chi connectivity index (χ4n) is 4.35. The summed E-state index contributed by atoms with van der Waals surface area (Å²) in [6.45, 7) is 2.55. The maximum Gasteiger partial charge on any atom is 0.325 e. The Hall–Kier alpha value is -4.78. The molecule has 47 heavy (non-hydrogen) atoms. The van der Waals surface area contributed by atoms with Gasteiger partial charge in [-0.3, -0.25) is 24.0 Å². The van der Waals surface area contributed by atoms with E-state index in [1.807, 2.05) is 6.08 Å². The SMILES string of the molecule is C=CCCCCC(COc1cc(C=O)ccc1N(CC(=O)OC)CC(=O)OC)Oc1ccc(Cl)cc1N(CC(=O)OC)CC(=O)OC. The van der Waals surface area contributed by atoms with Crippen LogP contribution in [0.3, 0.4) is 0 Å². The van der Waals surface area contributed by atoms with Gasteiger partial charge in [0.1, 0.15) is 56.7 Å². The van der Waals surface area contributed by atoms with Crippen molar-refractivity contribution in [2.45, 2.75) is 31.8 Å². The summed E-state index contributed by atoms with van der Waals surface area (Å²) in [5.41, 5.74) is 0.978. The molecule has 0 aromatic heterocycles. The summed E-state index contributed by atoms with van der Waals surface area (Å²) in [4.78, 5) is 63.4. The molecule has 0 fully saturated rings. The average molecular weight is 677 g/mol. The first-order valence-electron chi connectivity index (χ1n) is 14.6. The fourth-order valence-corrected chi connectivity index (χ4v) is 4.52. The molecule has 0 radical (unpaired) electrons. The fraction of sp³-hybridized carbons (Fsp3) is 0.424. The lowest BCUT2D eigenvalue weighted by Gasteiger charge is -2.28. The van der Waals surface area contributed by atoms with Crippen molar-refractivity contribution in [3.05, 3.63) is 59.6 Å². The number of methoxy groups -OCH3 is 4. The van der Waals surface area contributed by atoms with Crippen LogP contribution in [0, 0.1) is 0 Å². The Balaban J connectivity index is 2.50. The minimum atomic E-state index is -0.610. The highest BCUT2D eigenvalue weighted by atomic mass is 35.5. The van der Waals surface area contributed by atoms with Crippen LogP contribution in [0.1, 0.15) is 36.0 Å². The van der Waals surface area contributed by atoms with Crippen LogP contribution in [-0.2, 0) is 38.1 Å². The topological polar surface area (TPSA) is 147 Å². The Bertz CT molecular complexity index is 1350. The Labute approximate surface area is 279 Å². The molecule has 2 aromatic rings. The smallest absolute Gasteiger partial charge is 0.325 e. The molecule has 0 saturated carbocycles. The molecule has 0 heterocycles. The summed E-state index contributed by atoms with van der Waals surface area (Å²) in [6, 6.07) is 9.34. The van der Waals surface area contributed by atoms with E-state index in [0.29, 0.717) is 40.4 Å². The second-order valence-electron chi connectivity index (χ2n) is 10.1. The average Bonchev–Trinajstić information content (AvgIpc) is 3.08. The molecule has 1 atom stereocenters. The van der Waals surface area contributed by atoms with Crippen LogP contribution < -0.4 is 19.3 Å². The van der Waals surface area contributed by atoms with E-state index in [-0.39, 0.29) is 38.5 Å². The molecule has 2 rings (SSSR count). The van der Waals surface area contributed by atoms with E-state index in [1.165, 1.54) is 50.4 Å². The third kappa shape index (κ3) is 12.9. The molecule has 2 aromatic carbocycles. The van der Waals surface area contributed by atoms with Crippen LogP contribution in [0.25, 0.3) is 0 Å². The van der Waals surface area contributed by atoms with E-state index in [0.717, 1.165) is 19.3 Å². The number of carbonyl (C=O) groups excluding carboxylic acids is 5. The molecule has 0 saturated heterocycles. The molecular weight excluding hydrogens is 636 g/mol. The molecule has 13 nitrogen and oxygen atoms in total. The molecule has 0 spiro atoms. The number of carbonyl (C=O) groups is 5. The highest BCUT2D eigenvalue weighted by Gasteiger charge is 2.24. The predicted molar refractivity (Wildman–Crippen MR) is 174 cm³/mol. The Kier molecular flexibility index (Phi) is 16.6. The van der Waals surface area contributed by atoms with E-state index in [1.54, 1.807) is 24.3 Å². The van der Waals surface area contributed by atoms with Crippen LogP contribution in [0.4, 0.5) is 11.4 Å². The molecule has 14 heteroatoms. The summed E-state index contributed by atoms with van der Waals surface area (Å²) in [5, 5.41) is 0.331. The van der Waals surface area contributed by atoms with Crippen LogP contribution in [-0.4, -0.2) is 97.5 Å². The van der Waals surface area contributed by atoms with Gasteiger partial charge in [0.05, 0.1) is 39.8 Å². The van der Waals surface area contributed by atoms with Gasteiger partial charge in [0.25, 0.3) is 0 Å². The van der Waals surface area contributed by atoms with Crippen LogP contribution >= 0.6 is 11.6 Å². The first-order valence-corrected chi connectivity index (χ1v) is 15.0. The number of anilines is 2. The van der Waals surface area contributed by atoms with Crippen molar-refractivity contribution in [3.8, 4) is 11.5 Å². The minimum absolute atomic E-state index is 0.0379. The van der Waals surface area contributed by atoms with Crippen molar-refractivity contribution in [2.75, 3.05) is 71.0 Å². The lowest BCUT2D eigenvalue weighted by Crippen LogP contribution is -2.36. The number of rotatable bonds is 21. The molecule has 0 N–H and O–H groups in total. The Morgan fingerprint density at radius 1 is 0.766 bits per heavy atom. The van der Waals surface area contributed by atoms with Crippen molar-refractivity contribution in [1.82, 2.24) is 0 Å². The molecule has 0 aliphatic heterocycles. The molecule has 256 valence electrons. The molecule has 0 aliphatic rings. The van der Waals surface area contributed by atoms with E-state index in [2.05, 4.69) is 6.58 Å². The number of allylic oxidation sites excluding steroid dienone is 1. The first-order chi connectivity index (χ1) is 22.6. The van der Waals surface area contributed by atoms with Gasteiger partial charge in [-0.25, -0.2) is 0 Å². The van der Waals surface area contributed by atoms with E-state index >= 15 is 0 Å². The van der Waals surface area contributed by atoms with E-state index in [4.69, 9.17) is 40.0 Å². The van der Waals surface area contributed by atoms with Crippen molar-refractivity contribution in [1.29, 1.82) is 0 Å². The number of unbranched alkanes of at least 4 members (excludes halogenated alkanes) is 2. The number of nitrogens with zero attached hydrogens (tertiary/aromatic N) is 2. The summed E-state index contributed by atoms with van der Waals surface area (Å²) in [6.07, 6.45) is 4.71. The first kappa shape index (κ1) is 38.4. The van der Waals surface area contributed by atoms with Gasteiger partial charge in [0.2, 0.25) is 0 Å². The Morgan fingerprint density at radius 2 is 1.32 bits per heavy atom. The zero-order valence-electron chi connectivity index (χ0n) is 27.0. The van der Waals surface area contributed by atoms with Crippen LogP contribution in [0.2, 0.25) is 5.02 Å². The predicted octanol–water partition coefficient (Wildman–Crippen LogP) is 4.03. The van der Waals surface area contributed by atoms with Crippen molar-refractivity contribution in [2.24, 2.45) is 0 Å². The summed E-state index contributed by atoms with van der Waals surface area (Å²) < 4.78 is 31.9. The highest BCUT2D eigenvalue weighted by molar-refractivity contribution is 6.31. The number of halogens is 1. The van der Waals surface area contributed by atoms with E-state index < -0.39 is 30.0 Å². The van der Waals surface area contributed by atoms with Gasteiger partial charge in [-0.05, 0) is 62.1 Å². The number of esters is 4. The zero-order valence-corrected chi connectivity index (χ0v) is 27.8. The lowest BCUT2D eigenvalue weighted by atomic mass is 10.1. The van der Waals surface area contributed by atoms with Gasteiger partial charge in [0, 0.05) is 10.6 Å². The highest BCUT2D eigenvalue weighted by Crippen LogP contribution is 2.34. The monoisotopic (exact) mass is 676 g/mol. The maximum absolute atomic E-state index is 12.3. The maximum atomic E-state index is 12.3. The molecule has 1 unspecified atom stereocenters. The quantitative estimate of drug-likeness (QED) is 0.0617. The molecular formula is C33H41ClN2O11. The lowest BCUT2D eigenvalue weighted by molar-refractivity contribution is -0.141. The van der Waals surface area contributed by atoms with Gasteiger partial charge in [-0.1, -0.05) is 17.7 Å². The number of benzene rings is 2. The van der Waals surface area contributed by atoms with E-state index in [9.17, 15) is 24.0 Å². The third-order valence-electron chi connectivity index (χ3n) is 6.82. The van der Waals surface area contributed by atoms with Crippen molar-refractivity contribution < 1.29 is 52.4 Å². The van der Waals surface area contributed by atoms with Gasteiger partial charge >= 0.3 is 23.9 Å². The summed E-state index contributed by atoms with van der Waals surface area (Å²) >= 11 is 6.32. The molecule has 0 amide bonds. The van der Waals surface area contributed by atoms with Gasteiger partial charge in [-0.2, -0.15) is 0 Å². The third-order valence-corrected chi connectivity index (χ3v) is 7.05. The number of hydrogen-bond donors (Lipinski definition) is 0. The minimum Gasteiger partial charge on any atom is -0.488 e. The van der Waals surface area contributed by atoms with Crippen LogP contribution in [0.15, 0.2) is 49.1 Å². The number of hydrogen-bond acceptors (Lipinski definition) is 13. The molecule has 0 bridgehead atoms. The number of aldehydes is 1. The normalized spacial score (nSPS) is 11.0. The van der Waals surface area contributed by atoms with Gasteiger partial charge in [0.15, 0.2) is 0 Å². The summed E-state index contributed by atoms with van der Waals surface area (Å²) in [5.74, 6) is -1.91. The second kappa shape index (κ2) is 20.4. The molecule has 0 aliphatic carbocycles. The zero-order chi connectivity index (χ0) is 34.8. The summed E-state index contributed by atoms with van der Waals surface area (Å²) in [7, 11) is 4.91. The van der Waals surface area contributed by atoms with Gasteiger partial charge < -0.3 is 38.2 Å². The Morgan fingerprint density at radius 3 is 1.83 bits per heavy atom. The van der Waals surface area contributed by atoms with Crippen molar-refractivity contribution >= 4 is 53.1 Å². The second-order valence-corrected chi connectivity index (χ2v) is 10.5. The largest absolute Gasteiger partial charge is 0.488 e. The van der Waals surface area contributed by atoms with Crippen molar-refractivity contribution in [3.63, 3.8) is 0 Å².